The van der Waals surface area contributed by atoms with Crippen LogP contribution < -0.4 is 5.73 Å². The molecule has 0 fully saturated rings. The van der Waals surface area contributed by atoms with Gasteiger partial charge in [0.2, 0.25) is 5.95 Å². The largest absolute Gasteiger partial charge is 0.368 e. The third-order valence-corrected chi connectivity index (χ3v) is 3.21. The van der Waals surface area contributed by atoms with Gasteiger partial charge in [0.1, 0.15) is 5.82 Å². The van der Waals surface area contributed by atoms with E-state index in [1.807, 2.05) is 19.9 Å². The molecule has 0 bridgehead atoms. The Hall–Kier alpha value is -2.50. The van der Waals surface area contributed by atoms with Crippen molar-refractivity contribution >= 4 is 11.6 Å². The summed E-state index contributed by atoms with van der Waals surface area (Å²) >= 11 is 0. The molecule has 5 nitrogen and oxygen atoms in total. The number of nitrogens with zero attached hydrogens (tertiary/aromatic N) is 4. The number of halogens is 1. The molecule has 6 heteroatoms. The molecule has 20 heavy (non-hydrogen) atoms. The van der Waals surface area contributed by atoms with Crippen molar-refractivity contribution in [2.45, 2.75) is 20.3 Å². The molecule has 0 aliphatic heterocycles. The molecule has 0 saturated heterocycles. The molecule has 0 saturated carbocycles. The maximum Gasteiger partial charge on any atom is 0.223 e. The molecular weight excluding hydrogens is 257 g/mol. The summed E-state index contributed by atoms with van der Waals surface area (Å²) < 4.78 is 15.3. The molecule has 102 valence electrons. The van der Waals surface area contributed by atoms with Gasteiger partial charge in [0.15, 0.2) is 11.5 Å². The van der Waals surface area contributed by atoms with Crippen LogP contribution in [0.25, 0.3) is 5.65 Å². The topological polar surface area (TPSA) is 69.1 Å². The number of benzene rings is 1. The molecule has 0 unspecified atom stereocenters. The van der Waals surface area contributed by atoms with Gasteiger partial charge in [-0.15, -0.1) is 5.10 Å². The molecule has 2 N–H and O–H groups in total. The number of rotatable bonds is 2. The molecular formula is C14H14FN5. The highest BCUT2D eigenvalue weighted by molar-refractivity contribution is 5.44. The number of aromatic nitrogens is 4. The van der Waals surface area contributed by atoms with E-state index in [9.17, 15) is 4.39 Å². The van der Waals surface area contributed by atoms with Crippen LogP contribution in [0.15, 0.2) is 24.3 Å². The van der Waals surface area contributed by atoms with Gasteiger partial charge in [-0.25, -0.2) is 14.4 Å². The summed E-state index contributed by atoms with van der Waals surface area (Å²) in [6.45, 7) is 3.71. The van der Waals surface area contributed by atoms with Crippen LogP contribution in [0, 0.1) is 19.7 Å². The molecule has 1 aromatic carbocycles. The van der Waals surface area contributed by atoms with E-state index in [0.717, 1.165) is 11.3 Å². The summed E-state index contributed by atoms with van der Waals surface area (Å²) in [5, 5.41) is 4.28. The molecule has 3 aromatic rings. The SMILES string of the molecule is Cc1cc2nc(Cc3c(C)cccc3F)nn2c(N)n1. The second kappa shape index (κ2) is 4.56. The molecule has 2 aromatic heterocycles. The van der Waals surface area contributed by atoms with Crippen LogP contribution in [0.5, 0.6) is 0 Å². The summed E-state index contributed by atoms with van der Waals surface area (Å²) in [6.07, 6.45) is 0.332. The summed E-state index contributed by atoms with van der Waals surface area (Å²) in [7, 11) is 0. The first-order valence-electron chi connectivity index (χ1n) is 6.27. The minimum atomic E-state index is -0.244. The van der Waals surface area contributed by atoms with Gasteiger partial charge in [-0.2, -0.15) is 4.52 Å². The van der Waals surface area contributed by atoms with Gasteiger partial charge < -0.3 is 5.73 Å². The number of nitrogen functional groups attached to an aromatic ring is 1. The molecule has 0 spiro atoms. The van der Waals surface area contributed by atoms with E-state index in [1.54, 1.807) is 12.1 Å². The molecule has 0 amide bonds. The highest BCUT2D eigenvalue weighted by atomic mass is 19.1. The lowest BCUT2D eigenvalue weighted by atomic mass is 10.1. The maximum absolute atomic E-state index is 13.8. The average Bonchev–Trinajstić information content (AvgIpc) is 2.77. The number of hydrogen-bond donors (Lipinski definition) is 1. The molecule has 0 aliphatic rings. The van der Waals surface area contributed by atoms with Gasteiger partial charge in [-0.05, 0) is 31.0 Å². The maximum atomic E-state index is 13.8. The fourth-order valence-corrected chi connectivity index (χ4v) is 2.20. The summed E-state index contributed by atoms with van der Waals surface area (Å²) in [6, 6.07) is 6.80. The zero-order valence-electron chi connectivity index (χ0n) is 11.3. The van der Waals surface area contributed by atoms with E-state index in [4.69, 9.17) is 5.73 Å². The van der Waals surface area contributed by atoms with Crippen LogP contribution in [0.2, 0.25) is 0 Å². The number of fused-ring (bicyclic) bond motifs is 1. The van der Waals surface area contributed by atoms with E-state index in [0.29, 0.717) is 23.5 Å². The van der Waals surface area contributed by atoms with E-state index < -0.39 is 0 Å². The summed E-state index contributed by atoms with van der Waals surface area (Å²) in [5.41, 5.74) is 8.68. The highest BCUT2D eigenvalue weighted by Gasteiger charge is 2.12. The van der Waals surface area contributed by atoms with Crippen molar-refractivity contribution in [1.29, 1.82) is 0 Å². The van der Waals surface area contributed by atoms with E-state index >= 15 is 0 Å². The number of nitrogens with two attached hydrogens (primary N) is 1. The third-order valence-electron chi connectivity index (χ3n) is 3.21. The average molecular weight is 271 g/mol. The number of anilines is 1. The van der Waals surface area contributed by atoms with Crippen LogP contribution in [-0.4, -0.2) is 19.6 Å². The first-order chi connectivity index (χ1) is 9.54. The third kappa shape index (κ3) is 2.09. The fourth-order valence-electron chi connectivity index (χ4n) is 2.20. The van der Waals surface area contributed by atoms with Crippen LogP contribution >= 0.6 is 0 Å². The number of aryl methyl sites for hydroxylation is 2. The van der Waals surface area contributed by atoms with Crippen LogP contribution in [0.4, 0.5) is 10.3 Å². The summed E-state index contributed by atoms with van der Waals surface area (Å²) in [5.74, 6) is 0.562. The standard InChI is InChI=1S/C14H14FN5/c1-8-4-3-5-11(15)10(8)7-12-18-13-6-9(2)17-14(16)20(13)19-12/h3-6H,7H2,1-2H3,(H2,16,17). The molecule has 3 rings (SSSR count). The molecule has 0 atom stereocenters. The van der Waals surface area contributed by atoms with Crippen molar-refractivity contribution in [3.8, 4) is 0 Å². The monoisotopic (exact) mass is 271 g/mol. The Balaban J connectivity index is 2.06. The fraction of sp³-hybridized carbons (Fsp3) is 0.214. The van der Waals surface area contributed by atoms with E-state index in [1.165, 1.54) is 10.6 Å². The Labute approximate surface area is 115 Å². The number of hydrogen-bond acceptors (Lipinski definition) is 4. The second-order valence-corrected chi connectivity index (χ2v) is 4.77. The minimum absolute atomic E-state index is 0.244. The van der Waals surface area contributed by atoms with Crippen molar-refractivity contribution in [3.05, 3.63) is 52.7 Å². The lowest BCUT2D eigenvalue weighted by molar-refractivity contribution is 0.610. The quantitative estimate of drug-likeness (QED) is 0.774. The first kappa shape index (κ1) is 12.5. The van der Waals surface area contributed by atoms with Crippen LogP contribution in [0.1, 0.15) is 22.6 Å². The van der Waals surface area contributed by atoms with Gasteiger partial charge in [-0.3, -0.25) is 0 Å². The van der Waals surface area contributed by atoms with Crippen molar-refractivity contribution in [2.75, 3.05) is 5.73 Å². The minimum Gasteiger partial charge on any atom is -0.368 e. The Kier molecular flexibility index (Phi) is 2.85. The summed E-state index contributed by atoms with van der Waals surface area (Å²) in [4.78, 5) is 8.50. The van der Waals surface area contributed by atoms with Gasteiger partial charge in [-0.1, -0.05) is 12.1 Å². The lowest BCUT2D eigenvalue weighted by Gasteiger charge is -2.03. The van der Waals surface area contributed by atoms with E-state index in [-0.39, 0.29) is 11.8 Å². The Bertz CT molecular complexity index is 773. The Morgan fingerprint density at radius 1 is 1.25 bits per heavy atom. The van der Waals surface area contributed by atoms with Gasteiger partial charge in [0, 0.05) is 18.2 Å². The Morgan fingerprint density at radius 3 is 2.80 bits per heavy atom. The zero-order chi connectivity index (χ0) is 14.3. The lowest BCUT2D eigenvalue weighted by Crippen LogP contribution is -2.03. The van der Waals surface area contributed by atoms with Crippen molar-refractivity contribution in [3.63, 3.8) is 0 Å². The van der Waals surface area contributed by atoms with Gasteiger partial charge >= 0.3 is 0 Å². The molecule has 0 radical (unpaired) electrons. The van der Waals surface area contributed by atoms with Crippen LogP contribution in [0.3, 0.4) is 0 Å². The predicted octanol–water partition coefficient (Wildman–Crippen LogP) is 2.05. The van der Waals surface area contributed by atoms with Gasteiger partial charge in [0.25, 0.3) is 0 Å². The van der Waals surface area contributed by atoms with Crippen molar-refractivity contribution < 1.29 is 4.39 Å². The molecule has 2 heterocycles. The zero-order valence-corrected chi connectivity index (χ0v) is 11.3. The molecule has 0 aliphatic carbocycles. The highest BCUT2D eigenvalue weighted by Crippen LogP contribution is 2.17. The van der Waals surface area contributed by atoms with E-state index in [2.05, 4.69) is 15.1 Å². The predicted molar refractivity (Wildman–Crippen MR) is 73.9 cm³/mol. The Morgan fingerprint density at radius 2 is 2.05 bits per heavy atom. The van der Waals surface area contributed by atoms with Crippen molar-refractivity contribution in [2.24, 2.45) is 0 Å². The normalized spacial score (nSPS) is 11.2. The van der Waals surface area contributed by atoms with Gasteiger partial charge in [0.05, 0.1) is 0 Å². The second-order valence-electron chi connectivity index (χ2n) is 4.77. The van der Waals surface area contributed by atoms with Crippen molar-refractivity contribution in [1.82, 2.24) is 19.6 Å². The smallest absolute Gasteiger partial charge is 0.223 e. The van der Waals surface area contributed by atoms with Crippen LogP contribution in [-0.2, 0) is 6.42 Å². The first-order valence-corrected chi connectivity index (χ1v) is 6.27.